The molecule has 2 amide bonds. The molecule has 0 saturated heterocycles. The fourth-order valence-corrected chi connectivity index (χ4v) is 1.59. The molecule has 0 aliphatic carbocycles. The Labute approximate surface area is 120 Å². The van der Waals surface area contributed by atoms with E-state index in [4.69, 9.17) is 4.74 Å². The number of carbonyl (C=O) groups excluding carboxylic acids is 1. The Hall–Kier alpha value is -2.70. The molecule has 5 nitrogen and oxygen atoms in total. The van der Waals surface area contributed by atoms with Crippen molar-refractivity contribution in [1.82, 2.24) is 10.3 Å². The van der Waals surface area contributed by atoms with E-state index in [1.54, 1.807) is 18.3 Å². The van der Waals surface area contributed by atoms with Crippen LogP contribution >= 0.6 is 0 Å². The SMILES string of the molecule is COc1ccc(CNC(=O)Nc2cccc(F)c2F)cn1. The van der Waals surface area contributed by atoms with Crippen molar-refractivity contribution < 1.29 is 18.3 Å². The maximum Gasteiger partial charge on any atom is 0.319 e. The van der Waals surface area contributed by atoms with E-state index in [2.05, 4.69) is 15.6 Å². The number of methoxy groups -OCH3 is 1. The molecule has 0 aliphatic heterocycles. The molecule has 2 rings (SSSR count). The number of carbonyl (C=O) groups is 1. The van der Waals surface area contributed by atoms with Crippen LogP contribution in [0.1, 0.15) is 5.56 Å². The van der Waals surface area contributed by atoms with Gasteiger partial charge in [-0.15, -0.1) is 0 Å². The van der Waals surface area contributed by atoms with Crippen LogP contribution in [0.2, 0.25) is 0 Å². The molecule has 2 aromatic rings. The van der Waals surface area contributed by atoms with Crippen LogP contribution in [-0.2, 0) is 6.54 Å². The van der Waals surface area contributed by atoms with Crippen molar-refractivity contribution in [3.05, 3.63) is 53.7 Å². The minimum Gasteiger partial charge on any atom is -0.481 e. The molecule has 0 bridgehead atoms. The van der Waals surface area contributed by atoms with Crippen LogP contribution in [0.4, 0.5) is 19.3 Å². The molecule has 0 unspecified atom stereocenters. The number of nitrogens with one attached hydrogen (secondary N) is 2. The number of urea groups is 1. The van der Waals surface area contributed by atoms with Crippen LogP contribution < -0.4 is 15.4 Å². The minimum atomic E-state index is -1.10. The highest BCUT2D eigenvalue weighted by Crippen LogP contribution is 2.16. The second-order valence-corrected chi connectivity index (χ2v) is 4.12. The summed E-state index contributed by atoms with van der Waals surface area (Å²) in [7, 11) is 1.50. The van der Waals surface area contributed by atoms with Crippen LogP contribution in [0.3, 0.4) is 0 Å². The minimum absolute atomic E-state index is 0.194. The van der Waals surface area contributed by atoms with Crippen LogP contribution in [0.15, 0.2) is 36.5 Å². The maximum atomic E-state index is 13.4. The quantitative estimate of drug-likeness (QED) is 0.911. The lowest BCUT2D eigenvalue weighted by Crippen LogP contribution is -2.28. The van der Waals surface area contributed by atoms with E-state index in [1.165, 1.54) is 19.2 Å². The molecule has 110 valence electrons. The second kappa shape index (κ2) is 6.65. The Kier molecular flexibility index (Phi) is 4.65. The number of nitrogens with zero attached hydrogens (tertiary/aromatic N) is 1. The molecule has 1 aromatic heterocycles. The van der Waals surface area contributed by atoms with E-state index in [0.717, 1.165) is 11.6 Å². The molecule has 0 fully saturated rings. The number of anilines is 1. The Bertz CT molecular complexity index is 633. The van der Waals surface area contributed by atoms with Crippen molar-refractivity contribution in [1.29, 1.82) is 0 Å². The summed E-state index contributed by atoms with van der Waals surface area (Å²) in [6.07, 6.45) is 1.54. The van der Waals surface area contributed by atoms with E-state index in [0.29, 0.717) is 5.88 Å². The number of halogens is 2. The van der Waals surface area contributed by atoms with E-state index < -0.39 is 17.7 Å². The zero-order valence-electron chi connectivity index (χ0n) is 11.2. The van der Waals surface area contributed by atoms with Gasteiger partial charge in [-0.1, -0.05) is 12.1 Å². The van der Waals surface area contributed by atoms with Gasteiger partial charge in [-0.3, -0.25) is 0 Å². The molecule has 0 saturated carbocycles. The molecule has 7 heteroatoms. The van der Waals surface area contributed by atoms with Gasteiger partial charge in [-0.2, -0.15) is 0 Å². The van der Waals surface area contributed by atoms with Crippen LogP contribution in [0.5, 0.6) is 5.88 Å². The van der Waals surface area contributed by atoms with Gasteiger partial charge in [0.2, 0.25) is 5.88 Å². The molecule has 0 atom stereocenters. The number of benzene rings is 1. The summed E-state index contributed by atoms with van der Waals surface area (Å²) in [5.74, 6) is -1.66. The molecular weight excluding hydrogens is 280 g/mol. The fraction of sp³-hybridized carbons (Fsp3) is 0.143. The van der Waals surface area contributed by atoms with Crippen molar-refractivity contribution in [2.45, 2.75) is 6.54 Å². The van der Waals surface area contributed by atoms with Gasteiger partial charge in [0.15, 0.2) is 11.6 Å². The summed E-state index contributed by atoms with van der Waals surface area (Å²) < 4.78 is 31.3. The third kappa shape index (κ3) is 3.88. The number of hydrogen-bond acceptors (Lipinski definition) is 3. The number of aromatic nitrogens is 1. The average Bonchev–Trinajstić information content (AvgIpc) is 2.50. The van der Waals surface area contributed by atoms with Crippen molar-refractivity contribution in [3.63, 3.8) is 0 Å². The van der Waals surface area contributed by atoms with Gasteiger partial charge in [0.25, 0.3) is 0 Å². The maximum absolute atomic E-state index is 13.4. The average molecular weight is 293 g/mol. The van der Waals surface area contributed by atoms with E-state index in [-0.39, 0.29) is 12.2 Å². The highest BCUT2D eigenvalue weighted by Gasteiger charge is 2.10. The van der Waals surface area contributed by atoms with Gasteiger partial charge in [0, 0.05) is 18.8 Å². The van der Waals surface area contributed by atoms with Crippen LogP contribution in [0, 0.1) is 11.6 Å². The normalized spacial score (nSPS) is 10.0. The number of rotatable bonds is 4. The molecule has 2 N–H and O–H groups in total. The molecule has 0 spiro atoms. The standard InChI is InChI=1S/C14H13F2N3O2/c1-21-12-6-5-9(7-17-12)8-18-14(20)19-11-4-2-3-10(15)13(11)16/h2-7H,8H2,1H3,(H2,18,19,20). The highest BCUT2D eigenvalue weighted by atomic mass is 19.2. The van der Waals surface area contributed by atoms with E-state index in [1.807, 2.05) is 0 Å². The smallest absolute Gasteiger partial charge is 0.319 e. The zero-order valence-corrected chi connectivity index (χ0v) is 11.2. The summed E-state index contributed by atoms with van der Waals surface area (Å²) in [6.45, 7) is 0.194. The third-order valence-corrected chi connectivity index (χ3v) is 2.66. The summed E-state index contributed by atoms with van der Waals surface area (Å²) in [6, 6.07) is 6.29. The Morgan fingerprint density at radius 2 is 2.10 bits per heavy atom. The molecule has 21 heavy (non-hydrogen) atoms. The number of amides is 2. The van der Waals surface area contributed by atoms with Crippen molar-refractivity contribution in [2.24, 2.45) is 0 Å². The Morgan fingerprint density at radius 1 is 1.29 bits per heavy atom. The Balaban J connectivity index is 1.91. The van der Waals surface area contributed by atoms with Gasteiger partial charge >= 0.3 is 6.03 Å². The molecule has 0 aliphatic rings. The third-order valence-electron chi connectivity index (χ3n) is 2.66. The van der Waals surface area contributed by atoms with Crippen molar-refractivity contribution in [2.75, 3.05) is 12.4 Å². The molecule has 1 aromatic carbocycles. The second-order valence-electron chi connectivity index (χ2n) is 4.12. The first kappa shape index (κ1) is 14.7. The molecule has 0 radical (unpaired) electrons. The first-order valence-electron chi connectivity index (χ1n) is 6.08. The van der Waals surface area contributed by atoms with Gasteiger partial charge in [0.05, 0.1) is 12.8 Å². The summed E-state index contributed by atoms with van der Waals surface area (Å²) >= 11 is 0. The zero-order chi connectivity index (χ0) is 15.2. The first-order valence-corrected chi connectivity index (χ1v) is 6.08. The number of pyridine rings is 1. The van der Waals surface area contributed by atoms with Gasteiger partial charge in [-0.05, 0) is 17.7 Å². The van der Waals surface area contributed by atoms with Crippen LogP contribution in [-0.4, -0.2) is 18.1 Å². The largest absolute Gasteiger partial charge is 0.481 e. The lowest BCUT2D eigenvalue weighted by molar-refractivity contribution is 0.251. The molecule has 1 heterocycles. The topological polar surface area (TPSA) is 63.2 Å². The number of hydrogen-bond donors (Lipinski definition) is 2. The van der Waals surface area contributed by atoms with Crippen LogP contribution in [0.25, 0.3) is 0 Å². The van der Waals surface area contributed by atoms with Crippen molar-refractivity contribution in [3.8, 4) is 5.88 Å². The monoisotopic (exact) mass is 293 g/mol. The van der Waals surface area contributed by atoms with E-state index >= 15 is 0 Å². The summed E-state index contributed by atoms with van der Waals surface area (Å²) in [5, 5.41) is 4.75. The summed E-state index contributed by atoms with van der Waals surface area (Å²) in [5.41, 5.74) is 0.519. The lowest BCUT2D eigenvalue weighted by atomic mass is 10.3. The Morgan fingerprint density at radius 3 is 2.76 bits per heavy atom. The highest BCUT2D eigenvalue weighted by molar-refractivity contribution is 5.89. The first-order chi connectivity index (χ1) is 10.1. The lowest BCUT2D eigenvalue weighted by Gasteiger charge is -2.09. The van der Waals surface area contributed by atoms with Gasteiger partial charge in [-0.25, -0.2) is 18.6 Å². The van der Waals surface area contributed by atoms with Gasteiger partial charge in [0.1, 0.15) is 0 Å². The fourth-order valence-electron chi connectivity index (χ4n) is 1.59. The predicted molar refractivity (Wildman–Crippen MR) is 73.0 cm³/mol. The van der Waals surface area contributed by atoms with Gasteiger partial charge < -0.3 is 15.4 Å². The number of ether oxygens (including phenoxy) is 1. The predicted octanol–water partition coefficient (Wildman–Crippen LogP) is 2.69. The van der Waals surface area contributed by atoms with E-state index in [9.17, 15) is 13.6 Å². The molecular formula is C14H13F2N3O2. The van der Waals surface area contributed by atoms with Crippen molar-refractivity contribution >= 4 is 11.7 Å². The summed E-state index contributed by atoms with van der Waals surface area (Å²) in [4.78, 5) is 15.6.